The Morgan fingerprint density at radius 3 is 2.00 bits per heavy atom. The predicted octanol–water partition coefficient (Wildman–Crippen LogP) is 6.19. The second kappa shape index (κ2) is 10.2. The molecule has 5 nitrogen and oxygen atoms in total. The molecule has 2 amide bonds. The topological polar surface area (TPSA) is 53.0 Å². The normalized spacial score (nSPS) is 14.1. The van der Waals surface area contributed by atoms with Crippen LogP contribution in [0.5, 0.6) is 0 Å². The SMILES string of the molecule is CCN(C(=O)c1ccc(N2C(=O)/C(=C/c3ccccc3)N=C2c2ccccc2)cc1)c1ccccc1. The van der Waals surface area contributed by atoms with Crippen LogP contribution >= 0.6 is 0 Å². The molecule has 0 aromatic heterocycles. The number of hydrogen-bond donors (Lipinski definition) is 0. The van der Waals surface area contributed by atoms with Gasteiger partial charge in [-0.05, 0) is 55.0 Å². The lowest BCUT2D eigenvalue weighted by molar-refractivity contribution is -0.113. The highest BCUT2D eigenvalue weighted by Gasteiger charge is 2.32. The molecule has 0 radical (unpaired) electrons. The summed E-state index contributed by atoms with van der Waals surface area (Å²) in [6.45, 7) is 2.50. The van der Waals surface area contributed by atoms with Crippen molar-refractivity contribution >= 4 is 35.1 Å². The van der Waals surface area contributed by atoms with E-state index in [4.69, 9.17) is 4.99 Å². The van der Waals surface area contributed by atoms with Gasteiger partial charge in [0.25, 0.3) is 11.8 Å². The second-order valence-corrected chi connectivity index (χ2v) is 8.31. The highest BCUT2D eigenvalue weighted by molar-refractivity contribution is 6.33. The van der Waals surface area contributed by atoms with E-state index in [1.165, 1.54) is 0 Å². The third-order valence-corrected chi connectivity index (χ3v) is 6.00. The summed E-state index contributed by atoms with van der Waals surface area (Å²) in [5.74, 6) is 0.252. The van der Waals surface area contributed by atoms with Crippen LogP contribution in [0.1, 0.15) is 28.4 Å². The lowest BCUT2D eigenvalue weighted by atomic mass is 10.1. The van der Waals surface area contributed by atoms with Crippen molar-refractivity contribution in [2.75, 3.05) is 16.3 Å². The number of nitrogens with zero attached hydrogens (tertiary/aromatic N) is 3. The Bertz CT molecular complexity index is 1430. The monoisotopic (exact) mass is 471 g/mol. The van der Waals surface area contributed by atoms with Gasteiger partial charge in [0.05, 0.1) is 5.69 Å². The van der Waals surface area contributed by atoms with Crippen LogP contribution < -0.4 is 9.80 Å². The van der Waals surface area contributed by atoms with E-state index in [0.29, 0.717) is 29.3 Å². The zero-order chi connectivity index (χ0) is 24.9. The fraction of sp³-hybridized carbons (Fsp3) is 0.0645. The number of carbonyl (C=O) groups excluding carboxylic acids is 2. The molecule has 0 N–H and O–H groups in total. The number of hydrogen-bond acceptors (Lipinski definition) is 3. The highest BCUT2D eigenvalue weighted by Crippen LogP contribution is 2.28. The molecule has 0 atom stereocenters. The van der Waals surface area contributed by atoms with Gasteiger partial charge in [-0.15, -0.1) is 0 Å². The van der Waals surface area contributed by atoms with E-state index >= 15 is 0 Å². The fourth-order valence-corrected chi connectivity index (χ4v) is 4.20. The lowest BCUT2D eigenvalue weighted by Crippen LogP contribution is -2.33. The average molecular weight is 472 g/mol. The first-order valence-corrected chi connectivity index (χ1v) is 11.9. The van der Waals surface area contributed by atoms with E-state index in [1.807, 2.05) is 97.9 Å². The van der Waals surface area contributed by atoms with Gasteiger partial charge >= 0.3 is 0 Å². The minimum Gasteiger partial charge on any atom is -0.309 e. The summed E-state index contributed by atoms with van der Waals surface area (Å²) >= 11 is 0. The lowest BCUT2D eigenvalue weighted by Gasteiger charge is -2.22. The maximum absolute atomic E-state index is 13.5. The van der Waals surface area contributed by atoms with Crippen LogP contribution in [0.4, 0.5) is 11.4 Å². The molecule has 36 heavy (non-hydrogen) atoms. The first kappa shape index (κ1) is 23.0. The average Bonchev–Trinajstić information content (AvgIpc) is 3.26. The van der Waals surface area contributed by atoms with Crippen molar-refractivity contribution < 1.29 is 9.59 Å². The molecule has 1 aliphatic heterocycles. The zero-order valence-electron chi connectivity index (χ0n) is 19.9. The van der Waals surface area contributed by atoms with Crippen LogP contribution in [0.15, 0.2) is 126 Å². The van der Waals surface area contributed by atoms with Gasteiger partial charge in [-0.25, -0.2) is 4.99 Å². The largest absolute Gasteiger partial charge is 0.309 e. The van der Waals surface area contributed by atoms with E-state index in [9.17, 15) is 9.59 Å². The van der Waals surface area contributed by atoms with E-state index in [-0.39, 0.29) is 11.8 Å². The molecule has 0 spiro atoms. The van der Waals surface area contributed by atoms with Gasteiger partial charge in [-0.3, -0.25) is 14.5 Å². The summed E-state index contributed by atoms with van der Waals surface area (Å²) in [4.78, 5) is 34.8. The van der Waals surface area contributed by atoms with Crippen LogP contribution in [0.2, 0.25) is 0 Å². The van der Waals surface area contributed by atoms with Crippen LogP contribution in [0, 0.1) is 0 Å². The fourth-order valence-electron chi connectivity index (χ4n) is 4.20. The summed E-state index contributed by atoms with van der Waals surface area (Å²) in [6, 6.07) is 36.0. The van der Waals surface area contributed by atoms with Gasteiger partial charge in [0.1, 0.15) is 11.5 Å². The first-order valence-electron chi connectivity index (χ1n) is 11.9. The molecular formula is C31H25N3O2. The van der Waals surface area contributed by atoms with Crippen LogP contribution in [-0.4, -0.2) is 24.2 Å². The Morgan fingerprint density at radius 2 is 1.39 bits per heavy atom. The van der Waals surface area contributed by atoms with Crippen molar-refractivity contribution in [2.45, 2.75) is 6.92 Å². The molecule has 4 aromatic rings. The van der Waals surface area contributed by atoms with E-state index < -0.39 is 0 Å². The third kappa shape index (κ3) is 4.59. The van der Waals surface area contributed by atoms with Crippen molar-refractivity contribution in [2.24, 2.45) is 4.99 Å². The van der Waals surface area contributed by atoms with E-state index in [0.717, 1.165) is 16.8 Å². The minimum atomic E-state index is -0.212. The number of anilines is 2. The molecular weight excluding hydrogens is 446 g/mol. The molecule has 4 aromatic carbocycles. The number of carbonyl (C=O) groups is 2. The third-order valence-electron chi connectivity index (χ3n) is 6.00. The molecule has 0 aliphatic carbocycles. The Morgan fingerprint density at radius 1 is 0.806 bits per heavy atom. The molecule has 5 rings (SSSR count). The van der Waals surface area contributed by atoms with Crippen molar-refractivity contribution in [1.82, 2.24) is 0 Å². The van der Waals surface area contributed by atoms with Gasteiger partial charge in [-0.1, -0.05) is 78.9 Å². The van der Waals surface area contributed by atoms with Gasteiger partial charge in [0, 0.05) is 23.4 Å². The van der Waals surface area contributed by atoms with Gasteiger partial charge in [0.15, 0.2) is 0 Å². The summed E-state index contributed by atoms with van der Waals surface area (Å²) in [5.41, 5.74) is 4.15. The van der Waals surface area contributed by atoms with Crippen molar-refractivity contribution in [3.8, 4) is 0 Å². The van der Waals surface area contributed by atoms with E-state index in [2.05, 4.69) is 0 Å². The molecule has 5 heteroatoms. The standard InChI is InChI=1S/C31H25N3O2/c1-2-33(26-16-10-5-11-17-26)30(35)25-18-20-27(21-19-25)34-29(24-14-8-4-9-15-24)32-28(31(34)36)22-23-12-6-3-7-13-23/h3-22H,2H2,1H3/b28-22-. The van der Waals surface area contributed by atoms with E-state index in [1.54, 1.807) is 40.1 Å². The number of benzene rings is 4. The molecule has 0 unspecified atom stereocenters. The molecule has 0 saturated carbocycles. The molecule has 0 saturated heterocycles. The molecule has 0 fully saturated rings. The van der Waals surface area contributed by atoms with Crippen LogP contribution in [-0.2, 0) is 4.79 Å². The Kier molecular flexibility index (Phi) is 6.54. The molecule has 1 aliphatic rings. The Labute approximate surface area is 210 Å². The second-order valence-electron chi connectivity index (χ2n) is 8.31. The minimum absolute atomic E-state index is 0.0930. The number of aliphatic imine (C=N–C) groups is 1. The quantitative estimate of drug-likeness (QED) is 0.315. The maximum Gasteiger partial charge on any atom is 0.282 e. The summed E-state index contributed by atoms with van der Waals surface area (Å²) < 4.78 is 0. The highest BCUT2D eigenvalue weighted by atomic mass is 16.2. The zero-order valence-corrected chi connectivity index (χ0v) is 19.9. The number of amides is 2. The van der Waals surface area contributed by atoms with Crippen molar-refractivity contribution in [1.29, 1.82) is 0 Å². The first-order chi connectivity index (χ1) is 17.7. The summed E-state index contributed by atoms with van der Waals surface area (Å²) in [7, 11) is 0. The van der Waals surface area contributed by atoms with Crippen LogP contribution in [0.25, 0.3) is 6.08 Å². The van der Waals surface area contributed by atoms with Gasteiger partial charge < -0.3 is 4.90 Å². The molecule has 176 valence electrons. The van der Waals surface area contributed by atoms with Crippen molar-refractivity contribution in [3.63, 3.8) is 0 Å². The molecule has 1 heterocycles. The van der Waals surface area contributed by atoms with Gasteiger partial charge in [0.2, 0.25) is 0 Å². The molecule has 0 bridgehead atoms. The number of para-hydroxylation sites is 1. The van der Waals surface area contributed by atoms with Crippen LogP contribution in [0.3, 0.4) is 0 Å². The smallest absolute Gasteiger partial charge is 0.282 e. The predicted molar refractivity (Wildman–Crippen MR) is 145 cm³/mol. The number of amidine groups is 1. The number of rotatable bonds is 6. The van der Waals surface area contributed by atoms with Crippen molar-refractivity contribution in [3.05, 3.63) is 138 Å². The van der Waals surface area contributed by atoms with Gasteiger partial charge in [-0.2, -0.15) is 0 Å². The maximum atomic E-state index is 13.5. The summed E-state index contributed by atoms with van der Waals surface area (Å²) in [5, 5.41) is 0. The Hall–Kier alpha value is -4.77. The summed E-state index contributed by atoms with van der Waals surface area (Å²) in [6.07, 6.45) is 1.79. The Balaban J connectivity index is 1.48.